The fourth-order valence-electron chi connectivity index (χ4n) is 2.65. The maximum Gasteiger partial charge on any atom is 0.238 e. The van der Waals surface area contributed by atoms with Gasteiger partial charge in [-0.15, -0.1) is 0 Å². The third-order valence-electron chi connectivity index (χ3n) is 3.93. The number of hydrogen-bond donors (Lipinski definition) is 1. The Morgan fingerprint density at radius 3 is 2.78 bits per heavy atom. The Labute approximate surface area is 138 Å². The molecule has 1 aromatic heterocycles. The highest BCUT2D eigenvalue weighted by Gasteiger charge is 2.07. The van der Waals surface area contributed by atoms with Crippen LogP contribution in [0.25, 0.3) is 10.9 Å². The van der Waals surface area contributed by atoms with Crippen LogP contribution in [0.5, 0.6) is 0 Å². The zero-order chi connectivity index (χ0) is 16.5. The maximum absolute atomic E-state index is 12.1. The highest BCUT2D eigenvalue weighted by atomic mass is 16.2. The van der Waals surface area contributed by atoms with E-state index in [2.05, 4.69) is 22.1 Å². The number of rotatable bonds is 9. The number of benzene rings is 1. The van der Waals surface area contributed by atoms with Gasteiger partial charge in [-0.25, -0.2) is 0 Å². The van der Waals surface area contributed by atoms with Gasteiger partial charge in [-0.05, 0) is 32.1 Å². The number of anilines is 1. The molecular weight excluding hydrogens is 286 g/mol. The van der Waals surface area contributed by atoms with Gasteiger partial charge in [0, 0.05) is 5.39 Å². The highest BCUT2D eigenvalue weighted by molar-refractivity contribution is 5.94. The molecule has 4 heteroatoms. The lowest BCUT2D eigenvalue weighted by molar-refractivity contribution is -0.117. The Morgan fingerprint density at radius 1 is 1.17 bits per heavy atom. The topological polar surface area (TPSA) is 45.2 Å². The summed E-state index contributed by atoms with van der Waals surface area (Å²) >= 11 is 0. The molecule has 0 spiro atoms. The second-order valence-electron chi connectivity index (χ2n) is 6.12. The van der Waals surface area contributed by atoms with Crippen molar-refractivity contribution in [3.8, 4) is 0 Å². The van der Waals surface area contributed by atoms with Crippen molar-refractivity contribution >= 4 is 22.5 Å². The second kappa shape index (κ2) is 9.26. The van der Waals surface area contributed by atoms with Gasteiger partial charge in [-0.2, -0.15) is 0 Å². The minimum Gasteiger partial charge on any atom is -0.324 e. The number of nitrogens with one attached hydrogen (secondary N) is 1. The third-order valence-corrected chi connectivity index (χ3v) is 3.93. The smallest absolute Gasteiger partial charge is 0.238 e. The van der Waals surface area contributed by atoms with Crippen molar-refractivity contribution in [3.63, 3.8) is 0 Å². The van der Waals surface area contributed by atoms with E-state index in [1.165, 1.54) is 25.7 Å². The molecule has 2 aromatic rings. The van der Waals surface area contributed by atoms with Crippen LogP contribution in [0.3, 0.4) is 0 Å². The summed E-state index contributed by atoms with van der Waals surface area (Å²) in [5.41, 5.74) is 1.69. The summed E-state index contributed by atoms with van der Waals surface area (Å²) in [4.78, 5) is 18.6. The van der Waals surface area contributed by atoms with Gasteiger partial charge in [0.05, 0.1) is 23.9 Å². The summed E-state index contributed by atoms with van der Waals surface area (Å²) in [6.07, 6.45) is 7.97. The van der Waals surface area contributed by atoms with Gasteiger partial charge < -0.3 is 5.32 Å². The molecule has 23 heavy (non-hydrogen) atoms. The number of carbonyl (C=O) groups excluding carboxylic acids is 1. The zero-order valence-electron chi connectivity index (χ0n) is 14.2. The van der Waals surface area contributed by atoms with Gasteiger partial charge in [0.15, 0.2) is 0 Å². The fourth-order valence-corrected chi connectivity index (χ4v) is 2.65. The molecule has 0 atom stereocenters. The zero-order valence-corrected chi connectivity index (χ0v) is 14.2. The summed E-state index contributed by atoms with van der Waals surface area (Å²) in [6.45, 7) is 3.60. The number of unbranched alkanes of at least 4 members (excludes halogenated alkanes) is 4. The SMILES string of the molecule is CCCCCCCN(C)CC(=O)Nc1cnc2ccccc2c1. The van der Waals surface area contributed by atoms with Crippen LogP contribution in [0.1, 0.15) is 39.0 Å². The molecule has 0 fully saturated rings. The Balaban J connectivity index is 1.76. The van der Waals surface area contributed by atoms with E-state index in [9.17, 15) is 4.79 Å². The molecule has 0 aliphatic heterocycles. The predicted octanol–water partition coefficient (Wildman–Crippen LogP) is 4.08. The lowest BCUT2D eigenvalue weighted by Gasteiger charge is -2.16. The Kier molecular flexibility index (Phi) is 7.01. The lowest BCUT2D eigenvalue weighted by Crippen LogP contribution is -2.30. The van der Waals surface area contributed by atoms with Crippen molar-refractivity contribution in [2.75, 3.05) is 25.5 Å². The van der Waals surface area contributed by atoms with Crippen LogP contribution < -0.4 is 5.32 Å². The molecule has 0 unspecified atom stereocenters. The molecule has 0 radical (unpaired) electrons. The van der Waals surface area contributed by atoms with Crippen molar-refractivity contribution in [1.29, 1.82) is 0 Å². The highest BCUT2D eigenvalue weighted by Crippen LogP contribution is 2.15. The Bertz CT molecular complexity index is 627. The Morgan fingerprint density at radius 2 is 1.96 bits per heavy atom. The minimum atomic E-state index is 0.0122. The molecule has 1 amide bonds. The molecule has 0 aliphatic rings. The number of para-hydroxylation sites is 1. The fraction of sp³-hybridized carbons (Fsp3) is 0.474. The van der Waals surface area contributed by atoms with E-state index in [1.807, 2.05) is 37.4 Å². The van der Waals surface area contributed by atoms with Crippen molar-refractivity contribution in [2.45, 2.75) is 39.0 Å². The van der Waals surface area contributed by atoms with E-state index in [0.717, 1.165) is 29.6 Å². The molecule has 4 nitrogen and oxygen atoms in total. The van der Waals surface area contributed by atoms with Gasteiger partial charge in [0.2, 0.25) is 5.91 Å². The molecule has 1 N–H and O–H groups in total. The molecule has 0 bridgehead atoms. The average molecular weight is 313 g/mol. The van der Waals surface area contributed by atoms with Gasteiger partial charge in [-0.3, -0.25) is 14.7 Å². The maximum atomic E-state index is 12.1. The van der Waals surface area contributed by atoms with Crippen LogP contribution in [0.4, 0.5) is 5.69 Å². The summed E-state index contributed by atoms with van der Waals surface area (Å²) in [5.74, 6) is 0.0122. The van der Waals surface area contributed by atoms with Gasteiger partial charge in [-0.1, -0.05) is 50.8 Å². The largest absolute Gasteiger partial charge is 0.324 e. The van der Waals surface area contributed by atoms with Crippen molar-refractivity contribution in [1.82, 2.24) is 9.88 Å². The van der Waals surface area contributed by atoms with E-state index in [1.54, 1.807) is 6.20 Å². The number of hydrogen-bond acceptors (Lipinski definition) is 3. The van der Waals surface area contributed by atoms with Crippen molar-refractivity contribution in [3.05, 3.63) is 36.5 Å². The van der Waals surface area contributed by atoms with Crippen molar-refractivity contribution < 1.29 is 4.79 Å². The van der Waals surface area contributed by atoms with Gasteiger partial charge in [0.25, 0.3) is 0 Å². The summed E-state index contributed by atoms with van der Waals surface area (Å²) in [5, 5.41) is 3.97. The Hall–Kier alpha value is -1.94. The number of nitrogens with zero attached hydrogens (tertiary/aromatic N) is 2. The molecular formula is C19H27N3O. The standard InChI is InChI=1S/C19H27N3O/c1-3-4-5-6-9-12-22(2)15-19(23)21-17-13-16-10-7-8-11-18(16)20-14-17/h7-8,10-11,13-14H,3-6,9,12,15H2,1-2H3,(H,21,23). The number of likely N-dealkylation sites (N-methyl/N-ethyl adjacent to an activating group) is 1. The summed E-state index contributed by atoms with van der Waals surface area (Å²) in [6, 6.07) is 9.86. The first-order valence-electron chi connectivity index (χ1n) is 8.52. The molecule has 2 rings (SSSR count). The molecule has 1 heterocycles. The number of carbonyl (C=O) groups is 1. The quantitative estimate of drug-likeness (QED) is 0.710. The molecule has 1 aromatic carbocycles. The third kappa shape index (κ3) is 5.99. The number of amides is 1. The van der Waals surface area contributed by atoms with E-state index < -0.39 is 0 Å². The first-order valence-corrected chi connectivity index (χ1v) is 8.52. The first-order chi connectivity index (χ1) is 11.2. The first kappa shape index (κ1) is 17.4. The van der Waals surface area contributed by atoms with Crippen LogP contribution in [0, 0.1) is 0 Å². The molecule has 0 saturated carbocycles. The summed E-state index contributed by atoms with van der Waals surface area (Å²) in [7, 11) is 2.00. The predicted molar refractivity (Wildman–Crippen MR) is 96.6 cm³/mol. The average Bonchev–Trinajstić information content (AvgIpc) is 2.54. The summed E-state index contributed by atoms with van der Waals surface area (Å²) < 4.78 is 0. The number of pyridine rings is 1. The molecule has 124 valence electrons. The van der Waals surface area contributed by atoms with Crippen LogP contribution in [0.2, 0.25) is 0 Å². The second-order valence-corrected chi connectivity index (χ2v) is 6.12. The normalized spacial score (nSPS) is 11.1. The van der Waals surface area contributed by atoms with Crippen LogP contribution in [-0.4, -0.2) is 35.9 Å². The molecule has 0 aliphatic carbocycles. The van der Waals surface area contributed by atoms with Gasteiger partial charge >= 0.3 is 0 Å². The van der Waals surface area contributed by atoms with E-state index in [4.69, 9.17) is 0 Å². The van der Waals surface area contributed by atoms with E-state index in [0.29, 0.717) is 6.54 Å². The van der Waals surface area contributed by atoms with Crippen LogP contribution in [-0.2, 0) is 4.79 Å². The minimum absolute atomic E-state index is 0.0122. The van der Waals surface area contributed by atoms with Crippen molar-refractivity contribution in [2.24, 2.45) is 0 Å². The monoisotopic (exact) mass is 313 g/mol. The molecule has 0 saturated heterocycles. The van der Waals surface area contributed by atoms with Crippen LogP contribution >= 0.6 is 0 Å². The number of fused-ring (bicyclic) bond motifs is 1. The van der Waals surface area contributed by atoms with E-state index in [-0.39, 0.29) is 5.91 Å². The number of aromatic nitrogens is 1. The van der Waals surface area contributed by atoms with Gasteiger partial charge in [0.1, 0.15) is 0 Å². The lowest BCUT2D eigenvalue weighted by atomic mass is 10.1. The van der Waals surface area contributed by atoms with E-state index >= 15 is 0 Å². The van der Waals surface area contributed by atoms with Crippen LogP contribution in [0.15, 0.2) is 36.5 Å².